The van der Waals surface area contributed by atoms with Crippen LogP contribution < -0.4 is 0 Å². The highest BCUT2D eigenvalue weighted by molar-refractivity contribution is 7.13. The first-order chi connectivity index (χ1) is 11.8. The Morgan fingerprint density at radius 2 is 1.38 bits per heavy atom. The van der Waals surface area contributed by atoms with Crippen molar-refractivity contribution in [2.24, 2.45) is 0 Å². The van der Waals surface area contributed by atoms with E-state index < -0.39 is 0 Å². The van der Waals surface area contributed by atoms with Crippen LogP contribution in [0.1, 0.15) is 0 Å². The summed E-state index contributed by atoms with van der Waals surface area (Å²) in [4.78, 5) is 4.79. The Labute approximate surface area is 150 Å². The first-order valence-electron chi connectivity index (χ1n) is 7.67. The number of rotatable bonds is 3. The minimum Gasteiger partial charge on any atom is -0.236 e. The predicted molar refractivity (Wildman–Crippen MR) is 103 cm³/mol. The van der Waals surface area contributed by atoms with E-state index >= 15 is 0 Å². The minimum atomic E-state index is 0.742. The minimum absolute atomic E-state index is 0.742. The summed E-state index contributed by atoms with van der Waals surface area (Å²) in [7, 11) is 0. The van der Waals surface area contributed by atoms with Gasteiger partial charge in [-0.2, -0.15) is 0 Å². The number of nitrogens with zero attached hydrogens (tertiary/aromatic N) is 1. The molecule has 116 valence electrons. The van der Waals surface area contributed by atoms with Gasteiger partial charge in [0.2, 0.25) is 0 Å². The summed E-state index contributed by atoms with van der Waals surface area (Å²) in [6.07, 6.45) is 0. The Morgan fingerprint density at radius 1 is 0.667 bits per heavy atom. The van der Waals surface area contributed by atoms with Gasteiger partial charge in [-0.25, -0.2) is 4.98 Å². The molecular weight excluding hydrogens is 334 g/mol. The zero-order valence-corrected chi connectivity index (χ0v) is 14.4. The molecule has 4 rings (SSSR count). The summed E-state index contributed by atoms with van der Waals surface area (Å²) >= 11 is 7.61. The molecule has 0 fully saturated rings. The Balaban J connectivity index is 1.69. The van der Waals surface area contributed by atoms with Gasteiger partial charge in [-0.15, -0.1) is 11.3 Å². The summed E-state index contributed by atoms with van der Waals surface area (Å²) in [6.45, 7) is 0. The van der Waals surface area contributed by atoms with Crippen LogP contribution >= 0.6 is 22.9 Å². The number of halogens is 1. The summed E-state index contributed by atoms with van der Waals surface area (Å²) < 4.78 is 0. The van der Waals surface area contributed by atoms with Crippen molar-refractivity contribution in [2.75, 3.05) is 0 Å². The molecule has 0 aliphatic carbocycles. The SMILES string of the molecule is Clc1ccc(-c2nc(-c3cccc(-c4ccccc4)c3)cs2)cc1. The molecule has 0 aliphatic rings. The first kappa shape index (κ1) is 15.1. The smallest absolute Gasteiger partial charge is 0.124 e. The van der Waals surface area contributed by atoms with Crippen molar-refractivity contribution in [3.63, 3.8) is 0 Å². The highest BCUT2D eigenvalue weighted by Gasteiger charge is 2.08. The van der Waals surface area contributed by atoms with Crippen molar-refractivity contribution in [2.45, 2.75) is 0 Å². The third-order valence-electron chi connectivity index (χ3n) is 3.86. The number of aromatic nitrogens is 1. The summed E-state index contributed by atoms with van der Waals surface area (Å²) in [5, 5.41) is 3.85. The Kier molecular flexibility index (Phi) is 4.16. The van der Waals surface area contributed by atoms with Gasteiger partial charge in [-0.1, -0.05) is 72.3 Å². The van der Waals surface area contributed by atoms with Crippen molar-refractivity contribution in [1.29, 1.82) is 0 Å². The maximum atomic E-state index is 5.96. The molecule has 3 aromatic carbocycles. The van der Waals surface area contributed by atoms with Gasteiger partial charge in [0, 0.05) is 21.5 Å². The van der Waals surface area contributed by atoms with Crippen LogP contribution in [0.15, 0.2) is 84.2 Å². The highest BCUT2D eigenvalue weighted by Crippen LogP contribution is 2.31. The fraction of sp³-hybridized carbons (Fsp3) is 0. The predicted octanol–water partition coefficient (Wildman–Crippen LogP) is 6.80. The fourth-order valence-corrected chi connectivity index (χ4v) is 3.58. The molecule has 4 aromatic rings. The van der Waals surface area contributed by atoms with E-state index in [1.807, 2.05) is 30.3 Å². The van der Waals surface area contributed by atoms with Crippen LogP contribution in [0.3, 0.4) is 0 Å². The maximum absolute atomic E-state index is 5.96. The maximum Gasteiger partial charge on any atom is 0.124 e. The normalized spacial score (nSPS) is 10.7. The van der Waals surface area contributed by atoms with Crippen LogP contribution in [0.5, 0.6) is 0 Å². The monoisotopic (exact) mass is 347 g/mol. The largest absolute Gasteiger partial charge is 0.236 e. The fourth-order valence-electron chi connectivity index (χ4n) is 2.62. The van der Waals surface area contributed by atoms with E-state index in [1.54, 1.807) is 11.3 Å². The molecule has 1 nitrogen and oxygen atoms in total. The van der Waals surface area contributed by atoms with Crippen molar-refractivity contribution < 1.29 is 0 Å². The van der Waals surface area contributed by atoms with E-state index in [9.17, 15) is 0 Å². The van der Waals surface area contributed by atoms with E-state index in [1.165, 1.54) is 11.1 Å². The van der Waals surface area contributed by atoms with E-state index in [4.69, 9.17) is 16.6 Å². The molecule has 0 N–H and O–H groups in total. The molecule has 1 heterocycles. The standard InChI is InChI=1S/C21H14ClNS/c22-19-11-9-16(10-12-19)21-23-20(14-24-21)18-8-4-7-17(13-18)15-5-2-1-3-6-15/h1-14H. The topological polar surface area (TPSA) is 12.9 Å². The Hall–Kier alpha value is -2.42. The van der Waals surface area contributed by atoms with Crippen molar-refractivity contribution >= 4 is 22.9 Å². The van der Waals surface area contributed by atoms with Gasteiger partial charge in [0.25, 0.3) is 0 Å². The highest BCUT2D eigenvalue weighted by atomic mass is 35.5. The molecule has 0 saturated heterocycles. The number of benzene rings is 3. The Bertz CT molecular complexity index is 959. The average Bonchev–Trinajstić information content (AvgIpc) is 3.13. The molecule has 24 heavy (non-hydrogen) atoms. The second-order valence-corrected chi connectivity index (χ2v) is 6.79. The molecule has 0 spiro atoms. The molecule has 0 atom stereocenters. The van der Waals surface area contributed by atoms with E-state index in [2.05, 4.69) is 53.9 Å². The Morgan fingerprint density at radius 3 is 2.17 bits per heavy atom. The summed E-state index contributed by atoms with van der Waals surface area (Å²) in [6, 6.07) is 26.7. The second kappa shape index (κ2) is 6.60. The van der Waals surface area contributed by atoms with E-state index in [-0.39, 0.29) is 0 Å². The van der Waals surface area contributed by atoms with Crippen molar-refractivity contribution in [1.82, 2.24) is 4.98 Å². The van der Waals surface area contributed by atoms with Crippen LogP contribution in [0.25, 0.3) is 33.0 Å². The van der Waals surface area contributed by atoms with Gasteiger partial charge < -0.3 is 0 Å². The molecule has 0 bridgehead atoms. The third kappa shape index (κ3) is 3.12. The van der Waals surface area contributed by atoms with Crippen LogP contribution in [0.4, 0.5) is 0 Å². The molecule has 3 heteroatoms. The zero-order chi connectivity index (χ0) is 16.4. The van der Waals surface area contributed by atoms with Crippen LogP contribution in [0.2, 0.25) is 5.02 Å². The van der Waals surface area contributed by atoms with Crippen molar-refractivity contribution in [3.8, 4) is 33.0 Å². The van der Waals surface area contributed by atoms with Gasteiger partial charge in [0.05, 0.1) is 5.69 Å². The van der Waals surface area contributed by atoms with Crippen molar-refractivity contribution in [3.05, 3.63) is 89.3 Å². The lowest BCUT2D eigenvalue weighted by atomic mass is 10.0. The average molecular weight is 348 g/mol. The number of hydrogen-bond acceptors (Lipinski definition) is 2. The van der Waals surface area contributed by atoms with Crippen LogP contribution in [-0.4, -0.2) is 4.98 Å². The molecule has 0 aliphatic heterocycles. The van der Waals surface area contributed by atoms with Crippen LogP contribution in [-0.2, 0) is 0 Å². The first-order valence-corrected chi connectivity index (χ1v) is 8.93. The summed E-state index contributed by atoms with van der Waals surface area (Å²) in [5.41, 5.74) is 5.65. The third-order valence-corrected chi connectivity index (χ3v) is 5.00. The quantitative estimate of drug-likeness (QED) is 0.397. The summed E-state index contributed by atoms with van der Waals surface area (Å²) in [5.74, 6) is 0. The molecule has 0 saturated carbocycles. The van der Waals surface area contributed by atoms with Crippen LogP contribution in [0, 0.1) is 0 Å². The lowest BCUT2D eigenvalue weighted by Gasteiger charge is -2.04. The molecule has 0 radical (unpaired) electrons. The van der Waals surface area contributed by atoms with E-state index in [0.717, 1.165) is 26.9 Å². The second-order valence-electron chi connectivity index (χ2n) is 5.49. The lowest BCUT2D eigenvalue weighted by Crippen LogP contribution is -1.82. The van der Waals surface area contributed by atoms with Gasteiger partial charge in [-0.3, -0.25) is 0 Å². The zero-order valence-electron chi connectivity index (χ0n) is 12.8. The van der Waals surface area contributed by atoms with Gasteiger partial charge in [-0.05, 0) is 29.3 Å². The number of hydrogen-bond donors (Lipinski definition) is 0. The molecular formula is C21H14ClNS. The van der Waals surface area contributed by atoms with Gasteiger partial charge >= 0.3 is 0 Å². The van der Waals surface area contributed by atoms with Gasteiger partial charge in [0.15, 0.2) is 0 Å². The number of thiazole rings is 1. The molecule has 1 aromatic heterocycles. The lowest BCUT2D eigenvalue weighted by molar-refractivity contribution is 1.40. The van der Waals surface area contributed by atoms with E-state index in [0.29, 0.717) is 0 Å². The van der Waals surface area contributed by atoms with Gasteiger partial charge in [0.1, 0.15) is 5.01 Å². The molecule has 0 unspecified atom stereocenters. The molecule has 0 amide bonds.